The third-order valence-corrected chi connectivity index (χ3v) is 4.15. The summed E-state index contributed by atoms with van der Waals surface area (Å²) in [6.45, 7) is 3.93. The summed E-state index contributed by atoms with van der Waals surface area (Å²) < 4.78 is 5.14. The molecular weight excluding hydrogens is 328 g/mol. The number of phenolic OH excluding ortho intramolecular Hbond substituents is 1. The Kier molecular flexibility index (Phi) is 4.89. The van der Waals surface area contributed by atoms with Gasteiger partial charge in [0.1, 0.15) is 0 Å². The van der Waals surface area contributed by atoms with E-state index in [0.29, 0.717) is 11.3 Å². The molecule has 0 aliphatic carbocycles. The molecule has 0 aliphatic rings. The lowest BCUT2D eigenvalue weighted by atomic mass is 10.0. The van der Waals surface area contributed by atoms with Crippen molar-refractivity contribution in [1.29, 1.82) is 0 Å². The number of pyridine rings is 1. The summed E-state index contributed by atoms with van der Waals surface area (Å²) in [5.41, 5.74) is 4.87. The van der Waals surface area contributed by atoms with Crippen LogP contribution in [0.5, 0.6) is 11.5 Å². The summed E-state index contributed by atoms with van der Waals surface area (Å²) in [6.07, 6.45) is 3.20. The minimum absolute atomic E-state index is 0.0630. The zero-order valence-electron chi connectivity index (χ0n) is 14.9. The molecule has 1 aromatic heterocycles. The van der Waals surface area contributed by atoms with Crippen molar-refractivity contribution >= 4 is 11.6 Å². The predicted octanol–water partition coefficient (Wildman–Crippen LogP) is 4.33. The number of aromatic hydroxyl groups is 1. The average molecular weight is 348 g/mol. The molecule has 132 valence electrons. The first-order valence-corrected chi connectivity index (χ1v) is 8.19. The summed E-state index contributed by atoms with van der Waals surface area (Å²) in [7, 11) is 1.49. The number of nitrogens with one attached hydrogen (secondary N) is 1. The van der Waals surface area contributed by atoms with E-state index >= 15 is 0 Å². The molecule has 0 atom stereocenters. The second-order valence-corrected chi connectivity index (χ2v) is 6.12. The van der Waals surface area contributed by atoms with E-state index in [1.807, 2.05) is 32.0 Å². The SMILES string of the molecule is COc1cc(-c2cncc(C(=O)Nc3cc(C)ccc3C)c2)ccc1O. The molecule has 3 rings (SSSR count). The highest BCUT2D eigenvalue weighted by atomic mass is 16.5. The fourth-order valence-corrected chi connectivity index (χ4v) is 2.64. The maximum Gasteiger partial charge on any atom is 0.257 e. The number of carbonyl (C=O) groups excluding carboxylic acids is 1. The van der Waals surface area contributed by atoms with Gasteiger partial charge >= 0.3 is 0 Å². The summed E-state index contributed by atoms with van der Waals surface area (Å²) in [5.74, 6) is 0.208. The van der Waals surface area contributed by atoms with Crippen molar-refractivity contribution in [3.63, 3.8) is 0 Å². The molecule has 0 fully saturated rings. The van der Waals surface area contributed by atoms with Gasteiger partial charge < -0.3 is 15.2 Å². The number of aromatic nitrogens is 1. The van der Waals surface area contributed by atoms with E-state index in [1.165, 1.54) is 13.3 Å². The number of hydrogen-bond acceptors (Lipinski definition) is 4. The van der Waals surface area contributed by atoms with Crippen LogP contribution in [-0.2, 0) is 0 Å². The number of benzene rings is 2. The molecule has 0 spiro atoms. The van der Waals surface area contributed by atoms with E-state index in [0.717, 1.165) is 27.9 Å². The highest BCUT2D eigenvalue weighted by Gasteiger charge is 2.11. The Morgan fingerprint density at radius 1 is 1.04 bits per heavy atom. The van der Waals surface area contributed by atoms with Crippen molar-refractivity contribution in [2.75, 3.05) is 12.4 Å². The molecule has 0 saturated carbocycles. The first kappa shape index (κ1) is 17.5. The molecule has 1 heterocycles. The van der Waals surface area contributed by atoms with Crippen molar-refractivity contribution in [2.45, 2.75) is 13.8 Å². The Bertz CT molecular complexity index is 967. The molecule has 26 heavy (non-hydrogen) atoms. The van der Waals surface area contributed by atoms with Gasteiger partial charge in [0.15, 0.2) is 11.5 Å². The third kappa shape index (κ3) is 3.67. The van der Waals surface area contributed by atoms with Crippen molar-refractivity contribution in [3.8, 4) is 22.6 Å². The van der Waals surface area contributed by atoms with Crippen LogP contribution in [0.4, 0.5) is 5.69 Å². The number of hydrogen-bond donors (Lipinski definition) is 2. The fraction of sp³-hybridized carbons (Fsp3) is 0.143. The second kappa shape index (κ2) is 7.27. The highest BCUT2D eigenvalue weighted by Crippen LogP contribution is 2.31. The van der Waals surface area contributed by atoms with Gasteiger partial charge in [0.2, 0.25) is 0 Å². The molecule has 1 amide bonds. The van der Waals surface area contributed by atoms with Gasteiger partial charge in [0.05, 0.1) is 12.7 Å². The molecule has 0 radical (unpaired) electrons. The number of anilines is 1. The van der Waals surface area contributed by atoms with Crippen molar-refractivity contribution in [2.24, 2.45) is 0 Å². The van der Waals surface area contributed by atoms with E-state index < -0.39 is 0 Å². The molecule has 5 nitrogen and oxygen atoms in total. The van der Waals surface area contributed by atoms with Gasteiger partial charge in [-0.1, -0.05) is 18.2 Å². The Morgan fingerprint density at radius 3 is 2.62 bits per heavy atom. The molecule has 0 aliphatic heterocycles. The summed E-state index contributed by atoms with van der Waals surface area (Å²) in [5, 5.41) is 12.7. The van der Waals surface area contributed by atoms with Crippen molar-refractivity contribution in [3.05, 3.63) is 71.5 Å². The smallest absolute Gasteiger partial charge is 0.257 e. The lowest BCUT2D eigenvalue weighted by molar-refractivity contribution is 0.102. The Morgan fingerprint density at radius 2 is 1.85 bits per heavy atom. The van der Waals surface area contributed by atoms with Crippen LogP contribution in [0.3, 0.4) is 0 Å². The number of aryl methyl sites for hydroxylation is 2. The number of rotatable bonds is 4. The second-order valence-electron chi connectivity index (χ2n) is 6.12. The summed E-state index contributed by atoms with van der Waals surface area (Å²) in [4.78, 5) is 16.8. The van der Waals surface area contributed by atoms with E-state index in [-0.39, 0.29) is 11.7 Å². The molecule has 2 N–H and O–H groups in total. The summed E-state index contributed by atoms with van der Waals surface area (Å²) >= 11 is 0. The Labute approximate surface area is 152 Å². The van der Waals surface area contributed by atoms with E-state index in [2.05, 4.69) is 10.3 Å². The first-order valence-electron chi connectivity index (χ1n) is 8.19. The highest BCUT2D eigenvalue weighted by molar-refractivity contribution is 6.05. The van der Waals surface area contributed by atoms with Gasteiger partial charge in [0, 0.05) is 23.6 Å². The van der Waals surface area contributed by atoms with Gasteiger partial charge in [-0.05, 0) is 54.8 Å². The minimum atomic E-state index is -0.223. The minimum Gasteiger partial charge on any atom is -0.504 e. The Hall–Kier alpha value is -3.34. The van der Waals surface area contributed by atoms with Crippen LogP contribution in [0.1, 0.15) is 21.5 Å². The topological polar surface area (TPSA) is 71.5 Å². The van der Waals surface area contributed by atoms with Gasteiger partial charge in [0.25, 0.3) is 5.91 Å². The molecule has 0 unspecified atom stereocenters. The standard InChI is InChI=1S/C21H20N2O3/c1-13-4-5-14(2)18(8-13)23-21(25)17-9-16(11-22-12-17)15-6-7-19(24)20(10-15)26-3/h4-12,24H,1-3H3,(H,23,25). The quantitative estimate of drug-likeness (QED) is 0.736. The summed E-state index contributed by atoms with van der Waals surface area (Å²) in [6, 6.07) is 12.7. The Balaban J connectivity index is 1.89. The average Bonchev–Trinajstić information content (AvgIpc) is 2.65. The van der Waals surface area contributed by atoms with Crippen LogP contribution in [0, 0.1) is 13.8 Å². The zero-order valence-corrected chi connectivity index (χ0v) is 14.9. The number of amides is 1. The van der Waals surface area contributed by atoms with Gasteiger partial charge in [-0.25, -0.2) is 0 Å². The van der Waals surface area contributed by atoms with Crippen LogP contribution in [0.2, 0.25) is 0 Å². The monoisotopic (exact) mass is 348 g/mol. The van der Waals surface area contributed by atoms with E-state index in [9.17, 15) is 9.90 Å². The van der Waals surface area contributed by atoms with Gasteiger partial charge in [-0.3, -0.25) is 9.78 Å². The lowest BCUT2D eigenvalue weighted by Crippen LogP contribution is -2.13. The molecule has 3 aromatic rings. The molecular formula is C21H20N2O3. The van der Waals surface area contributed by atoms with E-state index in [4.69, 9.17) is 4.74 Å². The molecule has 0 saturated heterocycles. The fourth-order valence-electron chi connectivity index (χ4n) is 2.64. The van der Waals surface area contributed by atoms with Crippen LogP contribution in [-0.4, -0.2) is 23.1 Å². The predicted molar refractivity (Wildman–Crippen MR) is 102 cm³/mol. The van der Waals surface area contributed by atoms with Crippen LogP contribution in [0.15, 0.2) is 54.9 Å². The number of nitrogens with zero attached hydrogens (tertiary/aromatic N) is 1. The number of phenols is 1. The zero-order chi connectivity index (χ0) is 18.7. The van der Waals surface area contributed by atoms with Gasteiger partial charge in [-0.15, -0.1) is 0 Å². The van der Waals surface area contributed by atoms with Gasteiger partial charge in [-0.2, -0.15) is 0 Å². The lowest BCUT2D eigenvalue weighted by Gasteiger charge is -2.11. The number of methoxy groups -OCH3 is 1. The largest absolute Gasteiger partial charge is 0.504 e. The third-order valence-electron chi connectivity index (χ3n) is 4.15. The van der Waals surface area contributed by atoms with Crippen molar-refractivity contribution < 1.29 is 14.6 Å². The molecule has 2 aromatic carbocycles. The van der Waals surface area contributed by atoms with Crippen molar-refractivity contribution in [1.82, 2.24) is 4.98 Å². The van der Waals surface area contributed by atoms with E-state index in [1.54, 1.807) is 30.5 Å². The maximum atomic E-state index is 12.6. The number of ether oxygens (including phenoxy) is 1. The normalized spacial score (nSPS) is 10.4. The maximum absolute atomic E-state index is 12.6. The van der Waals surface area contributed by atoms with Crippen LogP contribution in [0.25, 0.3) is 11.1 Å². The van der Waals surface area contributed by atoms with Crippen LogP contribution >= 0.6 is 0 Å². The molecule has 5 heteroatoms. The molecule has 0 bridgehead atoms. The number of carbonyl (C=O) groups is 1. The van der Waals surface area contributed by atoms with Crippen LogP contribution < -0.4 is 10.1 Å². The first-order chi connectivity index (χ1) is 12.5.